The fraction of sp³-hybridized carbons (Fsp3) is 0.789. The van der Waals surface area contributed by atoms with Gasteiger partial charge in [-0.1, -0.05) is 0 Å². The van der Waals surface area contributed by atoms with Gasteiger partial charge in [0, 0.05) is 39.1 Å². The molecule has 0 aliphatic rings. The van der Waals surface area contributed by atoms with Crippen molar-refractivity contribution in [2.24, 2.45) is 0 Å². The van der Waals surface area contributed by atoms with Crippen molar-refractivity contribution in [1.82, 2.24) is 15.1 Å². The summed E-state index contributed by atoms with van der Waals surface area (Å²) < 4.78 is 33.6. The van der Waals surface area contributed by atoms with Gasteiger partial charge in [-0.25, -0.2) is 13.2 Å². The van der Waals surface area contributed by atoms with Crippen LogP contribution in [0.4, 0.5) is 14.4 Å². The molecule has 2 atom stereocenters. The van der Waals surface area contributed by atoms with E-state index >= 15 is 0 Å². The van der Waals surface area contributed by atoms with E-state index in [0.717, 1.165) is 0 Å². The molecule has 32 heavy (non-hydrogen) atoms. The fourth-order valence-corrected chi connectivity index (χ4v) is 4.32. The lowest BCUT2D eigenvalue weighted by molar-refractivity contribution is -0.143. The van der Waals surface area contributed by atoms with Crippen LogP contribution in [0, 0.1) is 0 Å². The molecule has 0 rings (SSSR count). The van der Waals surface area contributed by atoms with E-state index < -0.39 is 44.1 Å². The molecule has 0 aliphatic carbocycles. The van der Waals surface area contributed by atoms with Crippen LogP contribution in [0.5, 0.6) is 0 Å². The lowest BCUT2D eigenvalue weighted by Crippen LogP contribution is -2.34. The van der Waals surface area contributed by atoms with Crippen LogP contribution in [0.1, 0.15) is 40.5 Å². The molecule has 0 bridgehead atoms. The van der Waals surface area contributed by atoms with Gasteiger partial charge in [0.2, 0.25) is 0 Å². The van der Waals surface area contributed by atoms with Crippen molar-refractivity contribution in [2.75, 3.05) is 57.4 Å². The Labute approximate surface area is 194 Å². The van der Waals surface area contributed by atoms with E-state index in [-0.39, 0.29) is 37.7 Å². The highest BCUT2D eigenvalue weighted by atomic mass is 32.2. The highest BCUT2D eigenvalue weighted by Crippen LogP contribution is 2.00. The maximum Gasteiger partial charge on any atom is 0.407 e. The summed E-state index contributed by atoms with van der Waals surface area (Å²) in [4.78, 5) is 49.9. The molecule has 0 aromatic carbocycles. The molecule has 11 nitrogen and oxygen atoms in total. The van der Waals surface area contributed by atoms with Crippen molar-refractivity contribution in [3.05, 3.63) is 0 Å². The molecule has 13 heteroatoms. The lowest BCUT2D eigenvalue weighted by atomic mass is 10.3. The summed E-state index contributed by atoms with van der Waals surface area (Å²) in [6, 6.07) is 0. The number of carbonyl (C=O) groups is 4. The van der Waals surface area contributed by atoms with Crippen molar-refractivity contribution in [3.63, 3.8) is 0 Å². The Kier molecular flexibility index (Phi) is 16.4. The molecule has 0 heterocycles. The van der Waals surface area contributed by atoms with Crippen LogP contribution in [0.3, 0.4) is 0 Å². The minimum absolute atomic E-state index is 0.0271. The van der Waals surface area contributed by atoms with Gasteiger partial charge >= 0.3 is 22.5 Å². The summed E-state index contributed by atoms with van der Waals surface area (Å²) in [7, 11) is -3.51. The normalized spacial score (nSPS) is 12.4. The summed E-state index contributed by atoms with van der Waals surface area (Å²) in [6.07, 6.45) is -0.419. The van der Waals surface area contributed by atoms with Gasteiger partial charge in [0.05, 0.1) is 11.5 Å². The summed E-state index contributed by atoms with van der Waals surface area (Å²) in [5.41, 5.74) is 0. The Morgan fingerprint density at radius 2 is 1.19 bits per heavy atom. The van der Waals surface area contributed by atoms with Gasteiger partial charge in [0.15, 0.2) is 0 Å². The van der Waals surface area contributed by atoms with Gasteiger partial charge in [-0.2, -0.15) is 0 Å². The zero-order valence-corrected chi connectivity index (χ0v) is 20.9. The van der Waals surface area contributed by atoms with E-state index in [1.807, 2.05) is 0 Å². The average molecular weight is 498 g/mol. The number of carbonyl (C=O) groups excluding carboxylic acids is 4. The molecular formula is C19H35N3O8S2. The van der Waals surface area contributed by atoms with Gasteiger partial charge in [0.1, 0.15) is 34.8 Å². The van der Waals surface area contributed by atoms with E-state index in [1.54, 1.807) is 27.7 Å². The standard InChI is InChI=1S/C19H35N3O8S2/c1-5-21(6-2)18(25)31(27)14-12-29-16(23)10-9-11-20-17(24)30-13-15-32(28)19(26)22(7-3)8-4/h5-15H2,1-4H3,(H,20,24). The molecule has 0 saturated carbocycles. The van der Waals surface area contributed by atoms with E-state index in [4.69, 9.17) is 9.47 Å². The number of alkyl carbamates (subject to hydrolysis) is 1. The van der Waals surface area contributed by atoms with Gasteiger partial charge in [0.25, 0.3) is 0 Å². The SMILES string of the molecule is CCN(CC)C(=O)S(=O)CCOC(=O)CCCNC(=O)OCCS(=O)C(=O)N(CC)CC. The van der Waals surface area contributed by atoms with Crippen LogP contribution >= 0.6 is 0 Å². The molecule has 186 valence electrons. The summed E-state index contributed by atoms with van der Waals surface area (Å²) >= 11 is 0. The first kappa shape index (κ1) is 30.0. The quantitative estimate of drug-likeness (QED) is 0.281. The zero-order chi connectivity index (χ0) is 24.5. The van der Waals surface area contributed by atoms with Gasteiger partial charge in [-0.3, -0.25) is 14.4 Å². The lowest BCUT2D eigenvalue weighted by Gasteiger charge is -2.17. The molecule has 2 unspecified atom stereocenters. The fourth-order valence-electron chi connectivity index (χ4n) is 2.41. The number of hydrogen-bond donors (Lipinski definition) is 1. The van der Waals surface area contributed by atoms with Crippen LogP contribution in [-0.4, -0.2) is 98.2 Å². The highest BCUT2D eigenvalue weighted by Gasteiger charge is 2.19. The first-order valence-electron chi connectivity index (χ1n) is 10.6. The van der Waals surface area contributed by atoms with Gasteiger partial charge < -0.3 is 24.6 Å². The van der Waals surface area contributed by atoms with Crippen molar-refractivity contribution < 1.29 is 37.1 Å². The second-order valence-corrected chi connectivity index (χ2v) is 9.26. The topological polar surface area (TPSA) is 139 Å². The third kappa shape index (κ3) is 12.1. The molecular weight excluding hydrogens is 462 g/mol. The molecule has 1 N–H and O–H groups in total. The van der Waals surface area contributed by atoms with Gasteiger partial charge in [-0.05, 0) is 34.1 Å². The van der Waals surface area contributed by atoms with E-state index in [1.165, 1.54) is 9.80 Å². The van der Waals surface area contributed by atoms with Crippen LogP contribution in [0.25, 0.3) is 0 Å². The first-order chi connectivity index (χ1) is 15.2. The third-order valence-electron chi connectivity index (χ3n) is 4.29. The van der Waals surface area contributed by atoms with Crippen molar-refractivity contribution in [2.45, 2.75) is 40.5 Å². The Bertz CT molecular complexity index is 611. The number of amides is 3. The van der Waals surface area contributed by atoms with Crippen molar-refractivity contribution in [3.8, 4) is 0 Å². The molecule has 0 aliphatic heterocycles. The Morgan fingerprint density at radius 3 is 1.62 bits per heavy atom. The minimum atomic E-state index is -1.76. The largest absolute Gasteiger partial charge is 0.465 e. The van der Waals surface area contributed by atoms with Crippen molar-refractivity contribution in [1.29, 1.82) is 0 Å². The predicted molar refractivity (Wildman–Crippen MR) is 122 cm³/mol. The molecule has 3 amide bonds. The number of nitrogens with zero attached hydrogens (tertiary/aromatic N) is 2. The molecule has 0 aromatic heterocycles. The first-order valence-corrected chi connectivity index (χ1v) is 13.3. The maximum absolute atomic E-state index is 11.9. The highest BCUT2D eigenvalue weighted by molar-refractivity contribution is 8.00. The van der Waals surface area contributed by atoms with Crippen molar-refractivity contribution >= 4 is 44.1 Å². The summed E-state index contributed by atoms with van der Waals surface area (Å²) in [6.45, 7) is 8.84. The third-order valence-corrected chi connectivity index (χ3v) is 6.66. The second kappa shape index (κ2) is 17.5. The Hall–Kier alpha value is -2.02. The number of nitrogens with one attached hydrogen (secondary N) is 1. The van der Waals surface area contributed by atoms with E-state index in [0.29, 0.717) is 32.6 Å². The Balaban J connectivity index is 3.92. The molecule has 0 fully saturated rings. The van der Waals surface area contributed by atoms with Gasteiger partial charge in [-0.15, -0.1) is 0 Å². The zero-order valence-electron chi connectivity index (χ0n) is 19.3. The van der Waals surface area contributed by atoms with Crippen LogP contribution < -0.4 is 5.32 Å². The van der Waals surface area contributed by atoms with E-state index in [9.17, 15) is 27.6 Å². The molecule has 0 radical (unpaired) electrons. The molecule has 0 saturated heterocycles. The monoisotopic (exact) mass is 497 g/mol. The van der Waals surface area contributed by atoms with E-state index in [2.05, 4.69) is 5.32 Å². The van der Waals surface area contributed by atoms with Crippen LogP contribution in [0.2, 0.25) is 0 Å². The molecule has 0 spiro atoms. The summed E-state index contributed by atoms with van der Waals surface area (Å²) in [5.74, 6) is -0.686. The predicted octanol–water partition coefficient (Wildman–Crippen LogP) is 1.46. The number of hydrogen-bond acceptors (Lipinski definition) is 8. The number of esters is 1. The van der Waals surface area contributed by atoms with Crippen LogP contribution in [-0.2, 0) is 35.9 Å². The molecule has 0 aromatic rings. The second-order valence-electron chi connectivity index (χ2n) is 6.36. The number of ether oxygens (including phenoxy) is 2. The Morgan fingerprint density at radius 1 is 0.750 bits per heavy atom. The maximum atomic E-state index is 11.9. The minimum Gasteiger partial charge on any atom is -0.465 e. The average Bonchev–Trinajstić information content (AvgIpc) is 2.77. The smallest absolute Gasteiger partial charge is 0.407 e. The number of rotatable bonds is 14. The van der Waals surface area contributed by atoms with Crippen LogP contribution in [0.15, 0.2) is 0 Å². The summed E-state index contributed by atoms with van der Waals surface area (Å²) in [5, 5.41) is 1.47.